The first-order valence-corrected chi connectivity index (χ1v) is 10.9. The first-order valence-electron chi connectivity index (χ1n) is 10.5. The largest absolute Gasteiger partial charge is 0.390 e. The maximum absolute atomic E-state index is 15.0. The number of nitrogens with one attached hydrogen (secondary N) is 1. The molecule has 4 heterocycles. The summed E-state index contributed by atoms with van der Waals surface area (Å²) in [6.45, 7) is 3.58. The van der Waals surface area contributed by atoms with Crippen molar-refractivity contribution in [3.05, 3.63) is 59.1 Å². The van der Waals surface area contributed by atoms with Crippen LogP contribution >= 0.6 is 11.6 Å². The zero-order valence-electron chi connectivity index (χ0n) is 18.3. The highest BCUT2D eigenvalue weighted by molar-refractivity contribution is 6.32. The first kappa shape index (κ1) is 21.5. The van der Waals surface area contributed by atoms with Crippen LogP contribution in [0.3, 0.4) is 0 Å². The quantitative estimate of drug-likeness (QED) is 0.477. The van der Waals surface area contributed by atoms with Crippen molar-refractivity contribution in [3.8, 4) is 22.4 Å². The van der Waals surface area contributed by atoms with E-state index in [-0.39, 0.29) is 28.4 Å². The number of aryl methyl sites for hydroxylation is 2. The fourth-order valence-electron chi connectivity index (χ4n) is 4.43. The minimum Gasteiger partial charge on any atom is -0.390 e. The molecular formula is C23H22ClFN6O2. The van der Waals surface area contributed by atoms with Gasteiger partial charge in [0.1, 0.15) is 16.5 Å². The second kappa shape index (κ2) is 7.64. The van der Waals surface area contributed by atoms with Crippen LogP contribution in [-0.2, 0) is 7.05 Å². The number of hydrogen-bond acceptors (Lipinski definition) is 5. The fraction of sp³-hybridized carbons (Fsp3) is 0.304. The van der Waals surface area contributed by atoms with Crippen molar-refractivity contribution in [2.24, 2.45) is 7.05 Å². The van der Waals surface area contributed by atoms with Crippen LogP contribution < -0.4 is 5.32 Å². The third kappa shape index (κ3) is 3.77. The van der Waals surface area contributed by atoms with Gasteiger partial charge in [0.25, 0.3) is 5.91 Å². The van der Waals surface area contributed by atoms with Gasteiger partial charge in [-0.05, 0) is 38.8 Å². The van der Waals surface area contributed by atoms with E-state index in [1.807, 2.05) is 6.92 Å². The summed E-state index contributed by atoms with van der Waals surface area (Å²) >= 11 is 6.61. The molecular weight excluding hydrogens is 447 g/mol. The Morgan fingerprint density at radius 3 is 2.76 bits per heavy atom. The zero-order chi connectivity index (χ0) is 23.5. The lowest BCUT2D eigenvalue weighted by molar-refractivity contribution is -0.0366. The molecule has 4 aromatic heterocycles. The standard InChI is InChI=1S/C23H22ClFN6O2/c1-12-16(11-30(3)29-12)15-9-26-10-17(25)19(15)20-21(24)31-5-4-13(6-18(31)28-20)22(32)27-14-7-23(2,33)8-14/h4-6,9-11,14,33H,7-8H2,1-3H3,(H,27,32). The third-order valence-corrected chi connectivity index (χ3v) is 6.34. The van der Waals surface area contributed by atoms with Gasteiger partial charge < -0.3 is 10.4 Å². The number of aliphatic hydroxyl groups is 1. The Bertz CT molecular complexity index is 1400. The van der Waals surface area contributed by atoms with Crippen LogP contribution in [0.1, 0.15) is 35.8 Å². The van der Waals surface area contributed by atoms with Gasteiger partial charge in [-0.15, -0.1) is 0 Å². The number of carbonyl (C=O) groups excluding carboxylic acids is 1. The normalized spacial score (nSPS) is 20.1. The van der Waals surface area contributed by atoms with Gasteiger partial charge in [-0.1, -0.05) is 11.6 Å². The Labute approximate surface area is 194 Å². The molecule has 1 fully saturated rings. The average Bonchev–Trinajstić information content (AvgIpc) is 3.24. The van der Waals surface area contributed by atoms with Crippen molar-refractivity contribution < 1.29 is 14.3 Å². The summed E-state index contributed by atoms with van der Waals surface area (Å²) in [5.74, 6) is -0.823. The first-order chi connectivity index (χ1) is 15.6. The van der Waals surface area contributed by atoms with Gasteiger partial charge in [0.05, 0.1) is 23.1 Å². The topological polar surface area (TPSA) is 97.3 Å². The number of hydrogen-bond donors (Lipinski definition) is 2. The number of halogens is 2. The molecule has 0 aliphatic heterocycles. The molecule has 0 radical (unpaired) electrons. The van der Waals surface area contributed by atoms with E-state index in [1.165, 1.54) is 0 Å². The summed E-state index contributed by atoms with van der Waals surface area (Å²) < 4.78 is 18.3. The van der Waals surface area contributed by atoms with Crippen LogP contribution in [0.4, 0.5) is 4.39 Å². The molecule has 33 heavy (non-hydrogen) atoms. The predicted molar refractivity (Wildman–Crippen MR) is 121 cm³/mol. The van der Waals surface area contributed by atoms with Crippen molar-refractivity contribution >= 4 is 23.2 Å². The summed E-state index contributed by atoms with van der Waals surface area (Å²) in [5.41, 5.74) is 2.53. The predicted octanol–water partition coefficient (Wildman–Crippen LogP) is 3.54. The van der Waals surface area contributed by atoms with Crippen LogP contribution in [0.2, 0.25) is 5.15 Å². The Balaban J connectivity index is 1.55. The van der Waals surface area contributed by atoms with Crippen LogP contribution in [0.5, 0.6) is 0 Å². The maximum Gasteiger partial charge on any atom is 0.251 e. The van der Waals surface area contributed by atoms with Gasteiger partial charge in [-0.3, -0.25) is 18.9 Å². The van der Waals surface area contributed by atoms with Gasteiger partial charge in [-0.25, -0.2) is 9.37 Å². The van der Waals surface area contributed by atoms with Crippen LogP contribution in [-0.4, -0.2) is 46.8 Å². The van der Waals surface area contributed by atoms with Gasteiger partial charge in [0.15, 0.2) is 5.82 Å². The molecule has 1 amide bonds. The average molecular weight is 469 g/mol. The molecule has 0 bridgehead atoms. The molecule has 0 atom stereocenters. The molecule has 0 unspecified atom stereocenters. The number of aromatic nitrogens is 5. The van der Waals surface area contributed by atoms with E-state index in [4.69, 9.17) is 11.6 Å². The van der Waals surface area contributed by atoms with Crippen molar-refractivity contribution in [1.82, 2.24) is 29.5 Å². The highest BCUT2D eigenvalue weighted by Gasteiger charge is 2.39. The Morgan fingerprint density at radius 2 is 2.09 bits per heavy atom. The second-order valence-corrected chi connectivity index (χ2v) is 9.17. The summed E-state index contributed by atoms with van der Waals surface area (Å²) in [4.78, 5) is 21.2. The molecule has 1 saturated carbocycles. The monoisotopic (exact) mass is 468 g/mol. The zero-order valence-corrected chi connectivity index (χ0v) is 19.1. The summed E-state index contributed by atoms with van der Waals surface area (Å²) in [6.07, 6.45) is 7.14. The lowest BCUT2D eigenvalue weighted by Gasteiger charge is -2.41. The molecule has 1 aliphatic carbocycles. The van der Waals surface area contributed by atoms with E-state index in [1.54, 1.807) is 53.8 Å². The maximum atomic E-state index is 15.0. The molecule has 170 valence electrons. The number of amides is 1. The van der Waals surface area contributed by atoms with Crippen molar-refractivity contribution in [2.45, 2.75) is 38.3 Å². The van der Waals surface area contributed by atoms with E-state index < -0.39 is 11.4 Å². The minimum atomic E-state index is -0.730. The van der Waals surface area contributed by atoms with Gasteiger partial charge in [0, 0.05) is 48.4 Å². The molecule has 1 aliphatic rings. The molecule has 8 nitrogen and oxygen atoms in total. The summed E-state index contributed by atoms with van der Waals surface area (Å²) in [5, 5.41) is 17.3. The van der Waals surface area contributed by atoms with E-state index in [9.17, 15) is 9.90 Å². The van der Waals surface area contributed by atoms with Crippen molar-refractivity contribution in [3.63, 3.8) is 0 Å². The smallest absolute Gasteiger partial charge is 0.251 e. The SMILES string of the molecule is Cc1nn(C)cc1-c1cncc(F)c1-c1nc2cc(C(=O)NC3CC(C)(O)C3)ccn2c1Cl. The van der Waals surface area contributed by atoms with Gasteiger partial charge in [0.2, 0.25) is 0 Å². The number of fused-ring (bicyclic) bond motifs is 1. The lowest BCUT2D eigenvalue weighted by atomic mass is 9.77. The van der Waals surface area contributed by atoms with Crippen molar-refractivity contribution in [1.29, 1.82) is 0 Å². The summed E-state index contributed by atoms with van der Waals surface area (Å²) in [6, 6.07) is 3.17. The molecule has 0 aromatic carbocycles. The van der Waals surface area contributed by atoms with Crippen LogP contribution in [0.25, 0.3) is 28.0 Å². The third-order valence-electron chi connectivity index (χ3n) is 5.98. The van der Waals surface area contributed by atoms with E-state index >= 15 is 4.39 Å². The Hall–Kier alpha value is -3.30. The van der Waals surface area contributed by atoms with Gasteiger partial charge in [-0.2, -0.15) is 5.10 Å². The molecule has 10 heteroatoms. The number of imidazole rings is 1. The van der Waals surface area contributed by atoms with Gasteiger partial charge >= 0.3 is 0 Å². The van der Waals surface area contributed by atoms with E-state index in [0.717, 1.165) is 17.5 Å². The molecule has 0 saturated heterocycles. The minimum absolute atomic E-state index is 0.0705. The summed E-state index contributed by atoms with van der Waals surface area (Å²) in [7, 11) is 1.79. The molecule has 0 spiro atoms. The fourth-order valence-corrected chi connectivity index (χ4v) is 4.71. The molecule has 2 N–H and O–H groups in total. The highest BCUT2D eigenvalue weighted by atomic mass is 35.5. The number of carbonyl (C=O) groups is 1. The number of rotatable bonds is 4. The molecule has 5 rings (SSSR count). The number of nitrogens with zero attached hydrogens (tertiary/aromatic N) is 5. The Kier molecular flexibility index (Phi) is 4.98. The highest BCUT2D eigenvalue weighted by Crippen LogP contribution is 2.38. The van der Waals surface area contributed by atoms with Crippen LogP contribution in [0, 0.1) is 12.7 Å². The van der Waals surface area contributed by atoms with Crippen LogP contribution in [0.15, 0.2) is 36.9 Å². The van der Waals surface area contributed by atoms with E-state index in [0.29, 0.717) is 29.6 Å². The van der Waals surface area contributed by atoms with Crippen molar-refractivity contribution in [2.75, 3.05) is 0 Å². The lowest BCUT2D eigenvalue weighted by Crippen LogP contribution is -2.53. The van der Waals surface area contributed by atoms with E-state index in [2.05, 4.69) is 20.4 Å². The number of pyridine rings is 2. The second-order valence-electron chi connectivity index (χ2n) is 8.82. The Morgan fingerprint density at radius 1 is 1.33 bits per heavy atom. The molecule has 4 aromatic rings.